The summed E-state index contributed by atoms with van der Waals surface area (Å²) < 4.78 is 35.4. The Bertz CT molecular complexity index is 1570. The highest BCUT2D eigenvalue weighted by atomic mass is 19.1. The first-order valence-corrected chi connectivity index (χ1v) is 14.2. The molecule has 0 fully saturated rings. The lowest BCUT2D eigenvalue weighted by Crippen LogP contribution is -2.43. The minimum atomic E-state index is -0.954. The highest BCUT2D eigenvalue weighted by Gasteiger charge is 2.34. The monoisotopic (exact) mass is 609 g/mol. The lowest BCUT2D eigenvalue weighted by Gasteiger charge is -2.31. The second-order valence-electron chi connectivity index (χ2n) is 11.7. The summed E-state index contributed by atoms with van der Waals surface area (Å²) in [6.45, 7) is 11.2. The molecular weight excluding hydrogens is 572 g/mol. The van der Waals surface area contributed by atoms with Crippen LogP contribution in [0.25, 0.3) is 11.3 Å². The number of fused-ring (bicyclic) bond motifs is 1. The number of ether oxygens (including phenoxy) is 1. The number of nitrogens with zero attached hydrogens (tertiary/aromatic N) is 4. The fourth-order valence-corrected chi connectivity index (χ4v) is 4.50. The van der Waals surface area contributed by atoms with E-state index in [0.29, 0.717) is 22.4 Å². The number of para-hydroxylation sites is 1. The third-order valence-corrected chi connectivity index (χ3v) is 6.59. The van der Waals surface area contributed by atoms with Gasteiger partial charge < -0.3 is 25.6 Å². The van der Waals surface area contributed by atoms with Crippen molar-refractivity contribution in [3.63, 3.8) is 0 Å². The summed E-state index contributed by atoms with van der Waals surface area (Å²) in [5.74, 6) is -2.17. The van der Waals surface area contributed by atoms with Crippen LogP contribution in [0, 0.1) is 18.6 Å². The smallest absolute Gasteiger partial charge is 0.410 e. The van der Waals surface area contributed by atoms with Crippen LogP contribution in [0.3, 0.4) is 0 Å². The van der Waals surface area contributed by atoms with Crippen molar-refractivity contribution < 1.29 is 27.9 Å². The van der Waals surface area contributed by atoms with Gasteiger partial charge in [-0.25, -0.2) is 28.3 Å². The number of nitrogens with one attached hydrogen (secondary N) is 3. The maximum Gasteiger partial charge on any atom is 0.410 e. The van der Waals surface area contributed by atoms with Crippen molar-refractivity contribution in [1.29, 1.82) is 0 Å². The molecule has 44 heavy (non-hydrogen) atoms. The zero-order valence-electron chi connectivity index (χ0n) is 25.8. The summed E-state index contributed by atoms with van der Waals surface area (Å²) in [7, 11) is 1.58. The number of anilines is 3. The lowest BCUT2D eigenvalue weighted by molar-refractivity contribution is 0.0305. The first-order valence-electron chi connectivity index (χ1n) is 14.2. The fourth-order valence-electron chi connectivity index (χ4n) is 4.50. The molecule has 0 atom stereocenters. The Kier molecular flexibility index (Phi) is 9.36. The molecule has 0 aliphatic carbocycles. The molecule has 11 nitrogen and oxygen atoms in total. The van der Waals surface area contributed by atoms with Gasteiger partial charge in [0.1, 0.15) is 22.9 Å². The summed E-state index contributed by atoms with van der Waals surface area (Å²) in [5.41, 5.74) is 1.22. The van der Waals surface area contributed by atoms with Crippen molar-refractivity contribution in [2.75, 3.05) is 30.4 Å². The number of aryl methyl sites for hydroxylation is 1. The van der Waals surface area contributed by atoms with Gasteiger partial charge in [0.15, 0.2) is 5.82 Å². The van der Waals surface area contributed by atoms with Crippen molar-refractivity contribution in [3.8, 4) is 11.3 Å². The van der Waals surface area contributed by atoms with Crippen LogP contribution in [0.2, 0.25) is 0 Å². The number of urea groups is 1. The standard InChI is InChI=1S/C31H37F2N7O4/c1-17(2)36-27(41)19-12-11-18(3)20(15-19)24-21-16-35-29(42)40(25-22(32)9-8-10-23(25)33)26(21)38-28(37-24)34-13-14-39(7)30(43)44-31(4,5)6/h8-12,15,17H,13-14,16H2,1-7H3,(H,35,42)(H,36,41)(H,34,37,38). The van der Waals surface area contributed by atoms with Gasteiger partial charge in [0.25, 0.3) is 5.91 Å². The van der Waals surface area contributed by atoms with E-state index in [4.69, 9.17) is 9.72 Å². The zero-order chi connectivity index (χ0) is 32.3. The molecule has 3 N–H and O–H groups in total. The van der Waals surface area contributed by atoms with E-state index in [0.717, 1.165) is 22.6 Å². The quantitative estimate of drug-likeness (QED) is 0.307. The van der Waals surface area contributed by atoms with Crippen LogP contribution in [-0.2, 0) is 11.3 Å². The molecular formula is C31H37F2N7O4. The SMILES string of the molecule is Cc1ccc(C(=O)NC(C)C)cc1-c1nc(NCCN(C)C(=O)OC(C)(C)C)nc2c1CNC(=O)N2c1c(F)cccc1F. The van der Waals surface area contributed by atoms with Crippen molar-refractivity contribution in [3.05, 3.63) is 64.7 Å². The summed E-state index contributed by atoms with van der Waals surface area (Å²) >= 11 is 0. The van der Waals surface area contributed by atoms with Gasteiger partial charge in [0, 0.05) is 42.9 Å². The number of benzene rings is 2. The Morgan fingerprint density at radius 1 is 1.14 bits per heavy atom. The first kappa shape index (κ1) is 32.1. The molecule has 1 aliphatic rings. The number of rotatable bonds is 8. The Morgan fingerprint density at radius 3 is 2.45 bits per heavy atom. The fraction of sp³-hybridized carbons (Fsp3) is 0.387. The van der Waals surface area contributed by atoms with Gasteiger partial charge in [-0.3, -0.25) is 4.79 Å². The number of halogens is 2. The molecule has 0 unspecified atom stereocenters. The molecule has 1 aromatic heterocycles. The van der Waals surface area contributed by atoms with Crippen LogP contribution in [0.15, 0.2) is 36.4 Å². The van der Waals surface area contributed by atoms with Crippen molar-refractivity contribution in [1.82, 2.24) is 25.5 Å². The maximum absolute atomic E-state index is 15.0. The second-order valence-corrected chi connectivity index (χ2v) is 11.7. The molecule has 1 aliphatic heterocycles. The van der Waals surface area contributed by atoms with Gasteiger partial charge >= 0.3 is 12.1 Å². The van der Waals surface area contributed by atoms with Gasteiger partial charge in [-0.1, -0.05) is 12.1 Å². The van der Waals surface area contributed by atoms with Gasteiger partial charge in [-0.2, -0.15) is 4.98 Å². The molecule has 4 amide bonds. The highest BCUT2D eigenvalue weighted by molar-refractivity contribution is 6.02. The van der Waals surface area contributed by atoms with Crippen molar-refractivity contribution in [2.24, 2.45) is 0 Å². The Morgan fingerprint density at radius 2 is 1.82 bits per heavy atom. The second kappa shape index (κ2) is 12.8. The number of carbonyl (C=O) groups is 3. The van der Waals surface area contributed by atoms with Crippen molar-refractivity contribution >= 4 is 35.5 Å². The summed E-state index contributed by atoms with van der Waals surface area (Å²) in [4.78, 5) is 49.9. The van der Waals surface area contributed by atoms with Crippen LogP contribution in [0.5, 0.6) is 0 Å². The Balaban J connectivity index is 1.81. The van der Waals surface area contributed by atoms with Gasteiger partial charge in [-0.15, -0.1) is 0 Å². The molecule has 0 spiro atoms. The topological polar surface area (TPSA) is 129 Å². The summed E-state index contributed by atoms with van der Waals surface area (Å²) in [6.07, 6.45) is -0.517. The number of likely N-dealkylation sites (N-methyl/N-ethyl adjacent to an activating group) is 1. The molecule has 3 aromatic rings. The van der Waals surface area contributed by atoms with E-state index in [2.05, 4.69) is 20.9 Å². The lowest BCUT2D eigenvalue weighted by atomic mass is 9.97. The average Bonchev–Trinajstić information content (AvgIpc) is 2.92. The summed E-state index contributed by atoms with van der Waals surface area (Å²) in [6, 6.07) is 7.59. The van der Waals surface area contributed by atoms with Gasteiger partial charge in [-0.05, 0) is 71.4 Å². The number of aromatic nitrogens is 2. The molecule has 0 radical (unpaired) electrons. The largest absolute Gasteiger partial charge is 0.444 e. The maximum atomic E-state index is 15.0. The van der Waals surface area contributed by atoms with E-state index in [-0.39, 0.29) is 43.3 Å². The number of hydrogen-bond donors (Lipinski definition) is 3. The third kappa shape index (κ3) is 7.21. The predicted molar refractivity (Wildman–Crippen MR) is 163 cm³/mol. The van der Waals surface area contributed by atoms with Gasteiger partial charge in [0.05, 0.1) is 12.2 Å². The Hall–Kier alpha value is -4.81. The van der Waals surface area contributed by atoms with E-state index in [1.807, 2.05) is 20.8 Å². The number of amides is 4. The average molecular weight is 610 g/mol. The predicted octanol–water partition coefficient (Wildman–Crippen LogP) is 5.51. The molecule has 2 heterocycles. The van der Waals surface area contributed by atoms with Gasteiger partial charge in [0.2, 0.25) is 5.95 Å². The zero-order valence-corrected chi connectivity index (χ0v) is 25.8. The molecule has 0 bridgehead atoms. The van der Waals surface area contributed by atoms with E-state index in [1.165, 1.54) is 11.0 Å². The minimum absolute atomic E-state index is 0.0258. The highest BCUT2D eigenvalue weighted by Crippen LogP contribution is 2.39. The molecule has 4 rings (SSSR count). The Labute approximate surface area is 255 Å². The van der Waals surface area contributed by atoms with E-state index in [9.17, 15) is 14.4 Å². The molecule has 13 heteroatoms. The number of carbonyl (C=O) groups excluding carboxylic acids is 3. The van der Waals surface area contributed by atoms with E-state index < -0.39 is 35.0 Å². The number of hydrogen-bond acceptors (Lipinski definition) is 7. The minimum Gasteiger partial charge on any atom is -0.444 e. The van der Waals surface area contributed by atoms with Crippen LogP contribution < -0.4 is 20.9 Å². The van der Waals surface area contributed by atoms with E-state index >= 15 is 8.78 Å². The van der Waals surface area contributed by atoms with E-state index in [1.54, 1.807) is 46.0 Å². The summed E-state index contributed by atoms with van der Waals surface area (Å²) in [5, 5.41) is 8.58. The normalized spacial score (nSPS) is 12.9. The first-order chi connectivity index (χ1) is 20.7. The van der Waals surface area contributed by atoms with Crippen molar-refractivity contribution in [2.45, 2.75) is 59.7 Å². The van der Waals surface area contributed by atoms with Crippen LogP contribution >= 0.6 is 0 Å². The molecule has 0 saturated carbocycles. The molecule has 234 valence electrons. The van der Waals surface area contributed by atoms with Crippen LogP contribution in [0.4, 0.5) is 35.8 Å². The molecule has 2 aromatic carbocycles. The molecule has 0 saturated heterocycles. The third-order valence-electron chi connectivity index (χ3n) is 6.59. The van der Waals surface area contributed by atoms with Crippen LogP contribution in [-0.4, -0.2) is 64.7 Å². The van der Waals surface area contributed by atoms with Crippen LogP contribution in [0.1, 0.15) is 56.1 Å².